The normalized spacial score (nSPS) is 20.6. The van der Waals surface area contributed by atoms with Gasteiger partial charge in [0, 0.05) is 32.2 Å². The van der Waals surface area contributed by atoms with Crippen LogP contribution in [0, 0.1) is 13.8 Å². The Balaban J connectivity index is 1.66. The van der Waals surface area contributed by atoms with Crippen LogP contribution in [0.2, 0.25) is 0 Å². The maximum absolute atomic E-state index is 12.9. The number of aromatic nitrogens is 1. The summed E-state index contributed by atoms with van der Waals surface area (Å²) in [7, 11) is -3.66. The summed E-state index contributed by atoms with van der Waals surface area (Å²) in [6, 6.07) is 0.182. The molecule has 1 aromatic rings. The topological polar surface area (TPSA) is 95.8 Å². The van der Waals surface area contributed by atoms with Gasteiger partial charge in [0.15, 0.2) is 5.76 Å². The van der Waals surface area contributed by atoms with E-state index in [-0.39, 0.29) is 23.5 Å². The van der Waals surface area contributed by atoms with E-state index >= 15 is 0 Å². The Morgan fingerprint density at radius 1 is 1.12 bits per heavy atom. The zero-order valence-electron chi connectivity index (χ0n) is 14.8. The quantitative estimate of drug-likeness (QED) is 0.873. The number of nitrogens with one attached hydrogen (secondary N) is 1. The van der Waals surface area contributed by atoms with Gasteiger partial charge in [0.2, 0.25) is 10.0 Å². The molecule has 3 rings (SSSR count). The molecule has 0 spiro atoms. The number of hydrogen-bond donors (Lipinski definition) is 1. The Morgan fingerprint density at radius 3 is 2.48 bits per heavy atom. The fraction of sp³-hybridized carbons (Fsp3) is 0.750. The van der Waals surface area contributed by atoms with Crippen LogP contribution < -0.4 is 5.32 Å². The predicted molar refractivity (Wildman–Crippen MR) is 91.7 cm³/mol. The molecule has 2 aliphatic rings. The van der Waals surface area contributed by atoms with E-state index in [1.165, 1.54) is 4.31 Å². The fourth-order valence-electron chi connectivity index (χ4n) is 3.65. The van der Waals surface area contributed by atoms with E-state index in [1.807, 2.05) is 0 Å². The summed E-state index contributed by atoms with van der Waals surface area (Å²) in [6.45, 7) is 4.85. The smallest absolute Gasteiger partial charge is 0.317 e. The number of hydrogen-bond acceptors (Lipinski definition) is 5. The standard InChI is InChI=1S/C16H26N4O4S/c1-12-15(13(2)24-18-12)25(22,23)20-9-5-8-19(10-11-20)16(21)17-14-6-3-4-7-14/h14H,3-11H2,1-2H3,(H,17,21). The third kappa shape index (κ3) is 3.82. The minimum atomic E-state index is -3.66. The number of aryl methyl sites for hydroxylation is 2. The van der Waals surface area contributed by atoms with Crippen LogP contribution in [0.25, 0.3) is 0 Å². The number of amides is 2. The minimum Gasteiger partial charge on any atom is -0.360 e. The SMILES string of the molecule is Cc1noc(C)c1S(=O)(=O)N1CCCN(C(=O)NC2CCCC2)CC1. The maximum Gasteiger partial charge on any atom is 0.317 e. The van der Waals surface area contributed by atoms with E-state index in [2.05, 4.69) is 10.5 Å². The second-order valence-electron chi connectivity index (χ2n) is 6.83. The van der Waals surface area contributed by atoms with E-state index in [9.17, 15) is 13.2 Å². The van der Waals surface area contributed by atoms with Gasteiger partial charge in [-0.2, -0.15) is 4.31 Å². The van der Waals surface area contributed by atoms with Gasteiger partial charge in [-0.3, -0.25) is 0 Å². The monoisotopic (exact) mass is 370 g/mol. The number of urea groups is 1. The van der Waals surface area contributed by atoms with Gasteiger partial charge in [0.1, 0.15) is 10.6 Å². The number of carbonyl (C=O) groups is 1. The summed E-state index contributed by atoms with van der Waals surface area (Å²) in [5.74, 6) is 0.303. The van der Waals surface area contributed by atoms with Crippen LogP contribution in [0.1, 0.15) is 43.6 Å². The summed E-state index contributed by atoms with van der Waals surface area (Å²) in [5.41, 5.74) is 0.373. The van der Waals surface area contributed by atoms with Crippen molar-refractivity contribution in [1.29, 1.82) is 0 Å². The molecule has 2 amide bonds. The summed E-state index contributed by atoms with van der Waals surface area (Å²) in [4.78, 5) is 14.3. The highest BCUT2D eigenvalue weighted by Crippen LogP contribution is 2.24. The highest BCUT2D eigenvalue weighted by molar-refractivity contribution is 7.89. The third-order valence-electron chi connectivity index (χ3n) is 4.99. The number of sulfonamides is 1. The van der Waals surface area contributed by atoms with Gasteiger partial charge in [-0.15, -0.1) is 0 Å². The lowest BCUT2D eigenvalue weighted by atomic mass is 10.2. The van der Waals surface area contributed by atoms with E-state index in [4.69, 9.17) is 4.52 Å². The molecular weight excluding hydrogens is 344 g/mol. The molecule has 0 bridgehead atoms. The lowest BCUT2D eigenvalue weighted by Gasteiger charge is -2.24. The van der Waals surface area contributed by atoms with Crippen molar-refractivity contribution in [2.24, 2.45) is 0 Å². The molecule has 1 aliphatic heterocycles. The second kappa shape index (κ2) is 7.33. The van der Waals surface area contributed by atoms with Gasteiger partial charge in [0.25, 0.3) is 0 Å². The van der Waals surface area contributed by atoms with Gasteiger partial charge < -0.3 is 14.7 Å². The first-order valence-electron chi connectivity index (χ1n) is 8.88. The molecule has 1 saturated carbocycles. The molecule has 8 nitrogen and oxygen atoms in total. The van der Waals surface area contributed by atoms with Crippen LogP contribution in [-0.4, -0.2) is 61.0 Å². The van der Waals surface area contributed by atoms with Crippen molar-refractivity contribution in [3.63, 3.8) is 0 Å². The highest BCUT2D eigenvalue weighted by atomic mass is 32.2. The molecule has 0 unspecified atom stereocenters. The molecule has 2 fully saturated rings. The first-order chi connectivity index (χ1) is 11.9. The molecule has 0 aromatic carbocycles. The molecular formula is C16H26N4O4S. The Bertz CT molecular complexity index is 705. The van der Waals surface area contributed by atoms with E-state index in [0.717, 1.165) is 25.7 Å². The number of nitrogens with zero attached hydrogens (tertiary/aromatic N) is 3. The van der Waals surface area contributed by atoms with Crippen LogP contribution in [0.5, 0.6) is 0 Å². The van der Waals surface area contributed by atoms with Gasteiger partial charge in [0.05, 0.1) is 0 Å². The fourth-order valence-corrected chi connectivity index (χ4v) is 5.41. The number of rotatable bonds is 3. The Kier molecular flexibility index (Phi) is 5.33. The summed E-state index contributed by atoms with van der Waals surface area (Å²) >= 11 is 0. The van der Waals surface area contributed by atoms with Crippen molar-refractivity contribution in [2.75, 3.05) is 26.2 Å². The van der Waals surface area contributed by atoms with Crippen LogP contribution in [0.15, 0.2) is 9.42 Å². The van der Waals surface area contributed by atoms with Crippen LogP contribution in [0.3, 0.4) is 0 Å². The van der Waals surface area contributed by atoms with Crippen molar-refractivity contribution in [3.05, 3.63) is 11.5 Å². The number of carbonyl (C=O) groups excluding carboxylic acids is 1. The Labute approximate surface area is 148 Å². The van der Waals surface area contributed by atoms with Crippen molar-refractivity contribution in [3.8, 4) is 0 Å². The van der Waals surface area contributed by atoms with Crippen LogP contribution in [0.4, 0.5) is 4.79 Å². The highest BCUT2D eigenvalue weighted by Gasteiger charge is 2.33. The first kappa shape index (κ1) is 18.2. The average molecular weight is 370 g/mol. The van der Waals surface area contributed by atoms with Gasteiger partial charge in [-0.1, -0.05) is 18.0 Å². The van der Waals surface area contributed by atoms with Crippen LogP contribution in [-0.2, 0) is 10.0 Å². The zero-order valence-corrected chi connectivity index (χ0v) is 15.6. The van der Waals surface area contributed by atoms with E-state index in [1.54, 1.807) is 18.7 Å². The molecule has 0 radical (unpaired) electrons. The zero-order chi connectivity index (χ0) is 18.0. The Morgan fingerprint density at radius 2 is 1.84 bits per heavy atom. The molecule has 25 heavy (non-hydrogen) atoms. The van der Waals surface area contributed by atoms with Crippen LogP contribution >= 0.6 is 0 Å². The molecule has 2 heterocycles. The van der Waals surface area contributed by atoms with Gasteiger partial charge in [-0.25, -0.2) is 13.2 Å². The summed E-state index contributed by atoms with van der Waals surface area (Å²) < 4.78 is 32.2. The largest absolute Gasteiger partial charge is 0.360 e. The second-order valence-corrected chi connectivity index (χ2v) is 8.70. The van der Waals surface area contributed by atoms with Crippen molar-refractivity contribution >= 4 is 16.1 Å². The Hall–Kier alpha value is -1.61. The first-order valence-corrected chi connectivity index (χ1v) is 10.3. The minimum absolute atomic E-state index is 0.0801. The summed E-state index contributed by atoms with van der Waals surface area (Å²) in [6.07, 6.45) is 5.00. The molecule has 0 atom stereocenters. The van der Waals surface area contributed by atoms with Gasteiger partial charge >= 0.3 is 6.03 Å². The average Bonchev–Trinajstić information content (AvgIpc) is 3.09. The predicted octanol–water partition coefficient (Wildman–Crippen LogP) is 1.64. The lowest BCUT2D eigenvalue weighted by Crippen LogP contribution is -2.45. The molecule has 1 aliphatic carbocycles. The molecule has 9 heteroatoms. The van der Waals surface area contributed by atoms with Gasteiger partial charge in [-0.05, 0) is 33.1 Å². The third-order valence-corrected chi connectivity index (χ3v) is 7.13. The molecule has 1 saturated heterocycles. The molecule has 1 aromatic heterocycles. The molecule has 140 valence electrons. The van der Waals surface area contributed by atoms with Crippen molar-refractivity contribution in [1.82, 2.24) is 19.7 Å². The molecule has 1 N–H and O–H groups in total. The van der Waals surface area contributed by atoms with Crippen molar-refractivity contribution in [2.45, 2.75) is 56.9 Å². The van der Waals surface area contributed by atoms with E-state index < -0.39 is 10.0 Å². The maximum atomic E-state index is 12.9. The lowest BCUT2D eigenvalue weighted by molar-refractivity contribution is 0.196. The summed E-state index contributed by atoms with van der Waals surface area (Å²) in [5, 5.41) is 6.82. The van der Waals surface area contributed by atoms with E-state index in [0.29, 0.717) is 37.5 Å². The van der Waals surface area contributed by atoms with Crippen molar-refractivity contribution < 1.29 is 17.7 Å².